The van der Waals surface area contributed by atoms with E-state index in [9.17, 15) is 8.78 Å². The Morgan fingerprint density at radius 1 is 1.21 bits per heavy atom. The van der Waals surface area contributed by atoms with Crippen molar-refractivity contribution in [2.45, 2.75) is 56.2 Å². The van der Waals surface area contributed by atoms with Gasteiger partial charge in [-0.3, -0.25) is 0 Å². The predicted molar refractivity (Wildman–Crippen MR) is 78.0 cm³/mol. The molecule has 19 heavy (non-hydrogen) atoms. The molecule has 2 rings (SSSR count). The van der Waals surface area contributed by atoms with E-state index in [4.69, 9.17) is 0 Å². The smallest absolute Gasteiger partial charge is 0.288 e. The van der Waals surface area contributed by atoms with Crippen molar-refractivity contribution in [3.63, 3.8) is 0 Å². The van der Waals surface area contributed by atoms with Gasteiger partial charge in [-0.05, 0) is 43.2 Å². The molecule has 0 radical (unpaired) electrons. The van der Waals surface area contributed by atoms with Gasteiger partial charge < -0.3 is 5.32 Å². The van der Waals surface area contributed by atoms with Crippen LogP contribution in [0.4, 0.5) is 14.5 Å². The van der Waals surface area contributed by atoms with Gasteiger partial charge in [0.25, 0.3) is 5.76 Å². The summed E-state index contributed by atoms with van der Waals surface area (Å²) < 4.78 is 25.0. The molecule has 1 N–H and O–H groups in total. The van der Waals surface area contributed by atoms with Crippen LogP contribution in [0.3, 0.4) is 0 Å². The normalized spacial score (nSPS) is 19.6. The molecule has 0 aliphatic heterocycles. The molecule has 106 valence electrons. The summed E-state index contributed by atoms with van der Waals surface area (Å²) in [5.74, 6) is -2.37. The summed E-state index contributed by atoms with van der Waals surface area (Å²) in [7, 11) is 0. The Bertz CT molecular complexity index is 410. The Morgan fingerprint density at radius 2 is 1.84 bits per heavy atom. The number of para-hydroxylation sites is 1. The minimum Gasteiger partial charge on any atom is -0.381 e. The first kappa shape index (κ1) is 14.6. The summed E-state index contributed by atoms with van der Waals surface area (Å²) in [5.41, 5.74) is 1.27. The van der Waals surface area contributed by atoms with Crippen LogP contribution in [0.5, 0.6) is 0 Å². The summed E-state index contributed by atoms with van der Waals surface area (Å²) in [4.78, 5) is 0.641. The molecule has 0 saturated heterocycles. The molecule has 1 aromatic carbocycles. The van der Waals surface area contributed by atoms with E-state index in [0.717, 1.165) is 18.5 Å². The van der Waals surface area contributed by atoms with E-state index in [-0.39, 0.29) is 0 Å². The maximum Gasteiger partial charge on any atom is 0.288 e. The van der Waals surface area contributed by atoms with Gasteiger partial charge >= 0.3 is 0 Å². The second kappa shape index (κ2) is 6.12. The second-order valence-corrected chi connectivity index (χ2v) is 6.99. The summed E-state index contributed by atoms with van der Waals surface area (Å²) >= 11 is 0.618. The van der Waals surface area contributed by atoms with Crippen LogP contribution in [-0.2, 0) is 0 Å². The average molecular weight is 285 g/mol. The largest absolute Gasteiger partial charge is 0.381 e. The Kier molecular flexibility index (Phi) is 4.71. The fourth-order valence-corrected chi connectivity index (χ4v) is 3.15. The van der Waals surface area contributed by atoms with Crippen LogP contribution >= 0.6 is 11.8 Å². The van der Waals surface area contributed by atoms with E-state index >= 15 is 0 Å². The van der Waals surface area contributed by atoms with Crippen molar-refractivity contribution in [2.24, 2.45) is 5.41 Å². The van der Waals surface area contributed by atoms with Crippen molar-refractivity contribution in [1.29, 1.82) is 0 Å². The molecule has 1 aromatic rings. The molecule has 0 aromatic heterocycles. The van der Waals surface area contributed by atoms with Crippen LogP contribution in [-0.4, -0.2) is 11.8 Å². The van der Waals surface area contributed by atoms with Gasteiger partial charge in [0.05, 0.1) is 0 Å². The van der Waals surface area contributed by atoms with E-state index in [0.29, 0.717) is 28.1 Å². The zero-order valence-corrected chi connectivity index (χ0v) is 12.3. The first-order chi connectivity index (χ1) is 8.96. The first-order valence-corrected chi connectivity index (χ1v) is 7.65. The predicted octanol–water partition coefficient (Wildman–Crippen LogP) is 5.38. The van der Waals surface area contributed by atoms with Gasteiger partial charge in [0, 0.05) is 16.6 Å². The van der Waals surface area contributed by atoms with Crippen LogP contribution in [0.1, 0.15) is 39.5 Å². The fourth-order valence-electron chi connectivity index (χ4n) is 2.55. The fraction of sp³-hybridized carbons (Fsp3) is 0.600. The highest BCUT2D eigenvalue weighted by atomic mass is 32.2. The van der Waals surface area contributed by atoms with Crippen molar-refractivity contribution in [1.82, 2.24) is 0 Å². The number of rotatable bonds is 4. The van der Waals surface area contributed by atoms with Crippen LogP contribution < -0.4 is 5.32 Å². The van der Waals surface area contributed by atoms with Crippen molar-refractivity contribution >= 4 is 17.4 Å². The van der Waals surface area contributed by atoms with Crippen LogP contribution in [0.2, 0.25) is 0 Å². The third-order valence-corrected chi connectivity index (χ3v) is 4.59. The minimum absolute atomic E-state index is 0.410. The molecule has 0 amide bonds. The van der Waals surface area contributed by atoms with E-state index in [2.05, 4.69) is 19.2 Å². The number of halogens is 2. The van der Waals surface area contributed by atoms with Crippen molar-refractivity contribution < 1.29 is 8.78 Å². The number of hydrogen-bond donors (Lipinski definition) is 1. The van der Waals surface area contributed by atoms with Crippen LogP contribution in [0.25, 0.3) is 0 Å². The molecule has 0 atom stereocenters. The van der Waals surface area contributed by atoms with Crippen molar-refractivity contribution in [3.05, 3.63) is 24.3 Å². The Hall–Kier alpha value is -0.770. The number of nitrogens with one attached hydrogen (secondary N) is 1. The summed E-state index contributed by atoms with van der Waals surface area (Å²) in [5, 5.41) is 3.44. The van der Waals surface area contributed by atoms with Crippen molar-refractivity contribution in [2.75, 3.05) is 5.32 Å². The molecule has 0 heterocycles. The van der Waals surface area contributed by atoms with E-state index in [1.165, 1.54) is 12.8 Å². The Morgan fingerprint density at radius 3 is 2.47 bits per heavy atom. The van der Waals surface area contributed by atoms with E-state index < -0.39 is 5.76 Å². The second-order valence-electron chi connectivity index (χ2n) is 5.96. The third-order valence-electron chi connectivity index (χ3n) is 3.80. The van der Waals surface area contributed by atoms with Gasteiger partial charge in [-0.15, -0.1) is 0 Å². The zero-order valence-electron chi connectivity index (χ0n) is 11.5. The maximum atomic E-state index is 12.5. The molecule has 0 spiro atoms. The van der Waals surface area contributed by atoms with Gasteiger partial charge in [-0.2, -0.15) is 8.78 Å². The minimum atomic E-state index is -2.37. The molecule has 1 aliphatic rings. The van der Waals surface area contributed by atoms with Crippen LogP contribution in [0.15, 0.2) is 29.2 Å². The molecule has 1 saturated carbocycles. The Balaban J connectivity index is 1.99. The quantitative estimate of drug-likeness (QED) is 0.745. The SMILES string of the molecule is CC1(C)CCC(Nc2ccccc2SC(F)F)CC1. The standard InChI is InChI=1S/C15H21F2NS/c1-15(2)9-7-11(8-10-15)18-12-5-3-4-6-13(12)19-14(16)17/h3-6,11,14,18H,7-10H2,1-2H3. The Labute approximate surface area is 118 Å². The van der Waals surface area contributed by atoms with Gasteiger partial charge in [0.15, 0.2) is 0 Å². The molecule has 0 unspecified atom stereocenters. The van der Waals surface area contributed by atoms with Gasteiger partial charge in [-0.1, -0.05) is 37.7 Å². The lowest BCUT2D eigenvalue weighted by atomic mass is 9.75. The summed E-state index contributed by atoms with van der Waals surface area (Å²) in [6.45, 7) is 4.59. The molecular formula is C15H21F2NS. The number of alkyl halides is 2. The topological polar surface area (TPSA) is 12.0 Å². The van der Waals surface area contributed by atoms with Gasteiger partial charge in [-0.25, -0.2) is 0 Å². The number of anilines is 1. The molecule has 1 fully saturated rings. The molecule has 4 heteroatoms. The lowest BCUT2D eigenvalue weighted by Gasteiger charge is -2.35. The highest BCUT2D eigenvalue weighted by Crippen LogP contribution is 2.38. The number of benzene rings is 1. The summed E-state index contributed by atoms with van der Waals surface area (Å²) in [6, 6.07) is 7.76. The monoisotopic (exact) mass is 285 g/mol. The van der Waals surface area contributed by atoms with Crippen molar-refractivity contribution in [3.8, 4) is 0 Å². The molecule has 1 aliphatic carbocycles. The lowest BCUT2D eigenvalue weighted by molar-refractivity contribution is 0.232. The molecular weight excluding hydrogens is 264 g/mol. The van der Waals surface area contributed by atoms with E-state index in [1.54, 1.807) is 12.1 Å². The lowest BCUT2D eigenvalue weighted by Crippen LogP contribution is -2.30. The summed E-state index contributed by atoms with van der Waals surface area (Å²) in [6.07, 6.45) is 4.60. The average Bonchev–Trinajstić information content (AvgIpc) is 2.33. The number of thioether (sulfide) groups is 1. The maximum absolute atomic E-state index is 12.5. The zero-order chi connectivity index (χ0) is 13.9. The third kappa shape index (κ3) is 4.37. The highest BCUT2D eigenvalue weighted by Gasteiger charge is 2.27. The molecule has 1 nitrogen and oxygen atoms in total. The van der Waals surface area contributed by atoms with Crippen LogP contribution in [0, 0.1) is 5.41 Å². The van der Waals surface area contributed by atoms with Gasteiger partial charge in [0.2, 0.25) is 0 Å². The first-order valence-electron chi connectivity index (χ1n) is 6.77. The van der Waals surface area contributed by atoms with Gasteiger partial charge in [0.1, 0.15) is 0 Å². The number of hydrogen-bond acceptors (Lipinski definition) is 2. The highest BCUT2D eigenvalue weighted by molar-refractivity contribution is 7.99. The van der Waals surface area contributed by atoms with E-state index in [1.807, 2.05) is 12.1 Å². The molecule has 0 bridgehead atoms.